The van der Waals surface area contributed by atoms with E-state index >= 15 is 0 Å². The van der Waals surface area contributed by atoms with Crippen molar-refractivity contribution in [1.82, 2.24) is 5.43 Å². The van der Waals surface area contributed by atoms with E-state index in [1.165, 1.54) is 41.9 Å². The molecule has 3 N–H and O–H groups in total. The minimum absolute atomic E-state index is 0.219. The molecule has 0 bridgehead atoms. The van der Waals surface area contributed by atoms with Crippen LogP contribution in [0.25, 0.3) is 0 Å². The second-order valence-electron chi connectivity index (χ2n) is 6.02. The van der Waals surface area contributed by atoms with Crippen LogP contribution in [0, 0.1) is 5.92 Å². The number of nitrogens with two attached hydrogens (primary N) is 1. The molecule has 120 valence electrons. The van der Waals surface area contributed by atoms with Gasteiger partial charge in [0.15, 0.2) is 0 Å². The van der Waals surface area contributed by atoms with Crippen molar-refractivity contribution in [3.8, 4) is 0 Å². The van der Waals surface area contributed by atoms with Gasteiger partial charge in [-0.25, -0.2) is 0 Å². The summed E-state index contributed by atoms with van der Waals surface area (Å²) in [7, 11) is 0. The summed E-state index contributed by atoms with van der Waals surface area (Å²) >= 11 is 1.91. The third-order valence-electron chi connectivity index (χ3n) is 4.57. The molecular weight excluding hydrogens is 280 g/mol. The Balaban J connectivity index is 2.03. The van der Waals surface area contributed by atoms with Crippen LogP contribution in [0.3, 0.4) is 0 Å². The van der Waals surface area contributed by atoms with Crippen LogP contribution in [0.15, 0.2) is 12.1 Å². The van der Waals surface area contributed by atoms with Crippen molar-refractivity contribution in [2.24, 2.45) is 11.8 Å². The minimum atomic E-state index is 0.219. The molecule has 0 amide bonds. The third kappa shape index (κ3) is 4.78. The Morgan fingerprint density at radius 1 is 1.24 bits per heavy atom. The van der Waals surface area contributed by atoms with Crippen molar-refractivity contribution < 1.29 is 4.74 Å². The molecule has 3 nitrogen and oxygen atoms in total. The van der Waals surface area contributed by atoms with Gasteiger partial charge in [0.25, 0.3) is 0 Å². The highest BCUT2D eigenvalue weighted by atomic mass is 32.1. The first-order chi connectivity index (χ1) is 10.3. The molecule has 4 heteroatoms. The van der Waals surface area contributed by atoms with Gasteiger partial charge in [0.2, 0.25) is 0 Å². The van der Waals surface area contributed by atoms with Crippen LogP contribution in [0.2, 0.25) is 0 Å². The van der Waals surface area contributed by atoms with Crippen LogP contribution in [-0.2, 0) is 17.6 Å². The van der Waals surface area contributed by atoms with Crippen molar-refractivity contribution in [2.45, 2.75) is 70.9 Å². The zero-order valence-corrected chi connectivity index (χ0v) is 14.3. The summed E-state index contributed by atoms with van der Waals surface area (Å²) in [4.78, 5) is 2.86. The normalized spacial score (nSPS) is 19.6. The van der Waals surface area contributed by atoms with Gasteiger partial charge in [0.1, 0.15) is 0 Å². The molecule has 1 aromatic heterocycles. The van der Waals surface area contributed by atoms with Crippen LogP contribution in [-0.4, -0.2) is 18.8 Å². The molecule has 1 fully saturated rings. The van der Waals surface area contributed by atoms with E-state index in [-0.39, 0.29) is 12.1 Å². The lowest BCUT2D eigenvalue weighted by atomic mass is 9.82. The topological polar surface area (TPSA) is 47.3 Å². The van der Waals surface area contributed by atoms with Gasteiger partial charge in [0, 0.05) is 22.8 Å². The number of aryl methyl sites for hydroxylation is 1. The highest BCUT2D eigenvalue weighted by Crippen LogP contribution is 2.31. The molecule has 21 heavy (non-hydrogen) atoms. The Kier molecular flexibility index (Phi) is 7.17. The predicted molar refractivity (Wildman–Crippen MR) is 90.5 cm³/mol. The molecular formula is C17H30N2OS. The Bertz CT molecular complexity index is 401. The van der Waals surface area contributed by atoms with Crippen molar-refractivity contribution in [2.75, 3.05) is 6.61 Å². The average molecular weight is 311 g/mol. The summed E-state index contributed by atoms with van der Waals surface area (Å²) < 4.78 is 6.10. The number of rotatable bonds is 8. The Hall–Kier alpha value is -0.420. The van der Waals surface area contributed by atoms with Gasteiger partial charge in [-0.15, -0.1) is 11.3 Å². The zero-order valence-electron chi connectivity index (χ0n) is 13.4. The quantitative estimate of drug-likeness (QED) is 0.569. The maximum atomic E-state index is 6.10. The van der Waals surface area contributed by atoms with Gasteiger partial charge in [-0.05, 0) is 44.2 Å². The van der Waals surface area contributed by atoms with Gasteiger partial charge in [0.05, 0.1) is 12.1 Å². The summed E-state index contributed by atoms with van der Waals surface area (Å²) in [6.45, 7) is 5.06. The number of hydrazine groups is 1. The fourth-order valence-electron chi connectivity index (χ4n) is 3.44. The Morgan fingerprint density at radius 2 is 1.95 bits per heavy atom. The van der Waals surface area contributed by atoms with E-state index in [4.69, 9.17) is 10.6 Å². The number of hydrogen-bond acceptors (Lipinski definition) is 4. The number of thiophene rings is 1. The summed E-state index contributed by atoms with van der Waals surface area (Å²) in [5.74, 6) is 6.53. The molecule has 2 unspecified atom stereocenters. The molecule has 0 radical (unpaired) electrons. The van der Waals surface area contributed by atoms with Crippen molar-refractivity contribution >= 4 is 11.3 Å². The van der Waals surface area contributed by atoms with E-state index in [0.717, 1.165) is 19.4 Å². The maximum Gasteiger partial charge on any atom is 0.0772 e. The van der Waals surface area contributed by atoms with Crippen LogP contribution in [0.1, 0.15) is 55.7 Å². The molecule has 0 spiro atoms. The van der Waals surface area contributed by atoms with Gasteiger partial charge in [-0.2, -0.15) is 0 Å². The molecule has 1 aliphatic rings. The van der Waals surface area contributed by atoms with E-state index < -0.39 is 0 Å². The summed E-state index contributed by atoms with van der Waals surface area (Å²) in [6, 6.07) is 4.71. The van der Waals surface area contributed by atoms with Gasteiger partial charge < -0.3 is 4.74 Å². The first-order valence-electron chi connectivity index (χ1n) is 8.43. The first-order valence-corrected chi connectivity index (χ1v) is 9.25. The van der Waals surface area contributed by atoms with Crippen LogP contribution >= 0.6 is 11.3 Å². The van der Waals surface area contributed by atoms with Crippen molar-refractivity contribution in [3.05, 3.63) is 21.9 Å². The SMILES string of the molecule is CCOC(C1CCCCC1)C(Cc1ccc(CC)s1)NN. The van der Waals surface area contributed by atoms with Crippen LogP contribution in [0.5, 0.6) is 0 Å². The van der Waals surface area contributed by atoms with Gasteiger partial charge in [-0.1, -0.05) is 26.2 Å². The smallest absolute Gasteiger partial charge is 0.0772 e. The van der Waals surface area contributed by atoms with E-state index in [2.05, 4.69) is 31.4 Å². The minimum Gasteiger partial charge on any atom is -0.377 e. The predicted octanol–water partition coefficient (Wildman–Crippen LogP) is 3.67. The molecule has 2 rings (SSSR count). The van der Waals surface area contributed by atoms with Crippen molar-refractivity contribution in [1.29, 1.82) is 0 Å². The largest absolute Gasteiger partial charge is 0.377 e. The van der Waals surface area contributed by atoms with Gasteiger partial charge >= 0.3 is 0 Å². The van der Waals surface area contributed by atoms with E-state index in [1.807, 2.05) is 11.3 Å². The second kappa shape index (κ2) is 8.89. The van der Waals surface area contributed by atoms with Gasteiger partial charge in [-0.3, -0.25) is 11.3 Å². The molecule has 2 atom stereocenters. The standard InChI is InChI=1S/C17H30N2OS/c1-3-14-10-11-15(21-14)12-16(19-18)17(20-4-2)13-8-6-5-7-9-13/h10-11,13,16-17,19H,3-9,12,18H2,1-2H3. The maximum absolute atomic E-state index is 6.10. The fourth-order valence-corrected chi connectivity index (χ4v) is 4.46. The highest BCUT2D eigenvalue weighted by molar-refractivity contribution is 7.11. The summed E-state index contributed by atoms with van der Waals surface area (Å²) in [5.41, 5.74) is 3.04. The Labute approximate surface area is 133 Å². The number of hydrogen-bond donors (Lipinski definition) is 2. The lowest BCUT2D eigenvalue weighted by Gasteiger charge is -2.35. The number of ether oxygens (including phenoxy) is 1. The molecule has 1 aromatic rings. The number of nitrogens with one attached hydrogen (secondary N) is 1. The van der Waals surface area contributed by atoms with E-state index in [9.17, 15) is 0 Å². The van der Waals surface area contributed by atoms with Crippen LogP contribution < -0.4 is 11.3 Å². The summed E-state index contributed by atoms with van der Waals surface area (Å²) in [5, 5.41) is 0. The van der Waals surface area contributed by atoms with E-state index in [0.29, 0.717) is 5.92 Å². The highest BCUT2D eigenvalue weighted by Gasteiger charge is 2.31. The molecule has 1 saturated carbocycles. The molecule has 0 aliphatic heterocycles. The lowest BCUT2D eigenvalue weighted by Crippen LogP contribution is -2.50. The Morgan fingerprint density at radius 3 is 2.52 bits per heavy atom. The summed E-state index contributed by atoms with van der Waals surface area (Å²) in [6.07, 6.45) is 8.95. The first kappa shape index (κ1) is 16.9. The fraction of sp³-hybridized carbons (Fsp3) is 0.765. The molecule has 1 aliphatic carbocycles. The second-order valence-corrected chi connectivity index (χ2v) is 7.27. The molecule has 0 aromatic carbocycles. The zero-order chi connectivity index (χ0) is 15.1. The molecule has 0 saturated heterocycles. The average Bonchev–Trinajstić information content (AvgIpc) is 2.99. The van der Waals surface area contributed by atoms with Crippen molar-refractivity contribution in [3.63, 3.8) is 0 Å². The van der Waals surface area contributed by atoms with Crippen LogP contribution in [0.4, 0.5) is 0 Å². The molecule has 1 heterocycles. The lowest BCUT2D eigenvalue weighted by molar-refractivity contribution is -0.0173. The van der Waals surface area contributed by atoms with E-state index in [1.54, 1.807) is 0 Å². The third-order valence-corrected chi connectivity index (χ3v) is 5.82. The monoisotopic (exact) mass is 310 g/mol.